The molecule has 0 aliphatic carbocycles. The molecule has 184 valence electrons. The number of hydrazine groups is 1. The third-order valence-electron chi connectivity index (χ3n) is 7.29. The highest BCUT2D eigenvalue weighted by molar-refractivity contribution is 5.98. The van der Waals surface area contributed by atoms with Crippen LogP contribution < -0.4 is 20.9 Å². The van der Waals surface area contributed by atoms with Gasteiger partial charge in [-0.05, 0) is 65.5 Å². The molecule has 6 heteroatoms. The topological polar surface area (TPSA) is 79.5 Å². The Balaban J connectivity index is 1.85. The molecule has 0 radical (unpaired) electrons. The number of ether oxygens (including phenoxy) is 1. The van der Waals surface area contributed by atoms with E-state index in [0.717, 1.165) is 29.7 Å². The monoisotopic (exact) mass is 465 g/mol. The van der Waals surface area contributed by atoms with Gasteiger partial charge < -0.3 is 10.1 Å². The molecule has 0 saturated carbocycles. The number of hydrogen-bond donors (Lipinski definition) is 3. The first-order valence-electron chi connectivity index (χ1n) is 12.3. The van der Waals surface area contributed by atoms with E-state index in [1.54, 1.807) is 12.1 Å². The molecule has 1 aliphatic rings. The highest BCUT2D eigenvalue weighted by Crippen LogP contribution is 2.39. The molecule has 1 unspecified atom stereocenters. The van der Waals surface area contributed by atoms with Crippen LogP contribution in [-0.4, -0.2) is 17.9 Å². The van der Waals surface area contributed by atoms with E-state index in [0.29, 0.717) is 24.2 Å². The van der Waals surface area contributed by atoms with Gasteiger partial charge in [0.25, 0.3) is 11.8 Å². The summed E-state index contributed by atoms with van der Waals surface area (Å²) in [7, 11) is 0. The van der Waals surface area contributed by atoms with E-state index in [2.05, 4.69) is 69.8 Å². The summed E-state index contributed by atoms with van der Waals surface area (Å²) in [6.07, 6.45) is 1.90. The number of amides is 2. The van der Waals surface area contributed by atoms with Crippen LogP contribution in [0, 0.1) is 0 Å². The van der Waals surface area contributed by atoms with Crippen molar-refractivity contribution in [1.82, 2.24) is 10.9 Å². The van der Waals surface area contributed by atoms with E-state index in [-0.39, 0.29) is 22.6 Å². The van der Waals surface area contributed by atoms with Gasteiger partial charge in [0.2, 0.25) is 0 Å². The summed E-state index contributed by atoms with van der Waals surface area (Å²) < 4.78 is 6.36. The standard InChI is InChI=1S/C28H39N3O3/c1-8-23(26(33)30-20-12-13-21-18(15-20)17-29-31-25(21)32)34-24-14-11-19(27(4,5)9-2)16-22(24)28(6,7)10-3/h11-16,23,29H,8-10,17H2,1-7H3,(H,30,33)(H,31,32). The molecule has 0 aromatic heterocycles. The van der Waals surface area contributed by atoms with Gasteiger partial charge in [-0.25, -0.2) is 5.43 Å². The molecule has 6 nitrogen and oxygen atoms in total. The minimum absolute atomic E-state index is 0.0663. The summed E-state index contributed by atoms with van der Waals surface area (Å²) in [6, 6.07) is 11.7. The van der Waals surface area contributed by atoms with Crippen LogP contribution in [0.15, 0.2) is 36.4 Å². The smallest absolute Gasteiger partial charge is 0.265 e. The maximum atomic E-state index is 13.2. The summed E-state index contributed by atoms with van der Waals surface area (Å²) in [5.41, 5.74) is 9.94. The van der Waals surface area contributed by atoms with Crippen molar-refractivity contribution in [2.75, 3.05) is 5.32 Å². The number of nitrogens with one attached hydrogen (secondary N) is 3. The van der Waals surface area contributed by atoms with Crippen molar-refractivity contribution >= 4 is 17.5 Å². The molecular formula is C28H39N3O3. The van der Waals surface area contributed by atoms with Crippen LogP contribution in [0.5, 0.6) is 5.75 Å². The zero-order chi connectivity index (χ0) is 25.1. The zero-order valence-corrected chi connectivity index (χ0v) is 21.6. The maximum Gasteiger partial charge on any atom is 0.265 e. The lowest BCUT2D eigenvalue weighted by molar-refractivity contribution is -0.122. The molecule has 2 aromatic rings. The van der Waals surface area contributed by atoms with Crippen molar-refractivity contribution in [2.45, 2.75) is 91.2 Å². The minimum Gasteiger partial charge on any atom is -0.480 e. The number of rotatable bonds is 9. The second-order valence-electron chi connectivity index (χ2n) is 10.4. The molecule has 0 fully saturated rings. The van der Waals surface area contributed by atoms with E-state index in [1.165, 1.54) is 5.56 Å². The van der Waals surface area contributed by atoms with Gasteiger partial charge >= 0.3 is 0 Å². The Morgan fingerprint density at radius 3 is 2.38 bits per heavy atom. The van der Waals surface area contributed by atoms with Crippen LogP contribution in [0.1, 0.15) is 94.8 Å². The predicted molar refractivity (Wildman–Crippen MR) is 137 cm³/mol. The number of carbonyl (C=O) groups excluding carboxylic acids is 2. The third-order valence-corrected chi connectivity index (χ3v) is 7.29. The molecule has 1 aliphatic heterocycles. The maximum absolute atomic E-state index is 13.2. The fourth-order valence-corrected chi connectivity index (χ4v) is 4.00. The van der Waals surface area contributed by atoms with Crippen molar-refractivity contribution in [3.05, 3.63) is 58.7 Å². The third kappa shape index (κ3) is 5.44. The Morgan fingerprint density at radius 1 is 1.03 bits per heavy atom. The average molecular weight is 466 g/mol. The summed E-state index contributed by atoms with van der Waals surface area (Å²) in [4.78, 5) is 25.1. The second-order valence-corrected chi connectivity index (χ2v) is 10.4. The lowest BCUT2D eigenvalue weighted by Gasteiger charge is -2.31. The highest BCUT2D eigenvalue weighted by atomic mass is 16.5. The van der Waals surface area contributed by atoms with E-state index in [9.17, 15) is 9.59 Å². The fourth-order valence-electron chi connectivity index (χ4n) is 4.00. The van der Waals surface area contributed by atoms with Crippen LogP contribution in [0.4, 0.5) is 5.69 Å². The zero-order valence-electron chi connectivity index (χ0n) is 21.6. The molecule has 1 atom stereocenters. The summed E-state index contributed by atoms with van der Waals surface area (Å²) in [5, 5.41) is 2.97. The predicted octanol–water partition coefficient (Wildman–Crippen LogP) is 5.61. The molecule has 2 amide bonds. The van der Waals surface area contributed by atoms with Gasteiger partial charge in [-0.2, -0.15) is 0 Å². The van der Waals surface area contributed by atoms with Gasteiger partial charge in [-0.15, -0.1) is 0 Å². The van der Waals surface area contributed by atoms with Crippen LogP contribution in [0.3, 0.4) is 0 Å². The summed E-state index contributed by atoms with van der Waals surface area (Å²) in [5.74, 6) is 0.388. The van der Waals surface area contributed by atoms with Gasteiger partial charge in [0.05, 0.1) is 0 Å². The molecule has 1 heterocycles. The van der Waals surface area contributed by atoms with Crippen LogP contribution in [0.25, 0.3) is 0 Å². The number of anilines is 1. The second kappa shape index (κ2) is 10.2. The van der Waals surface area contributed by atoms with E-state index >= 15 is 0 Å². The molecule has 3 N–H and O–H groups in total. The van der Waals surface area contributed by atoms with Crippen LogP contribution in [0.2, 0.25) is 0 Å². The number of fused-ring (bicyclic) bond motifs is 1. The molecule has 0 saturated heterocycles. The van der Waals surface area contributed by atoms with Crippen molar-refractivity contribution in [3.63, 3.8) is 0 Å². The molecular weight excluding hydrogens is 426 g/mol. The number of carbonyl (C=O) groups is 2. The highest BCUT2D eigenvalue weighted by Gasteiger charge is 2.29. The lowest BCUT2D eigenvalue weighted by atomic mass is 9.76. The Morgan fingerprint density at radius 2 is 1.74 bits per heavy atom. The molecule has 3 rings (SSSR count). The van der Waals surface area contributed by atoms with Crippen molar-refractivity contribution in [1.29, 1.82) is 0 Å². The van der Waals surface area contributed by atoms with E-state index in [4.69, 9.17) is 4.74 Å². The van der Waals surface area contributed by atoms with Crippen LogP contribution >= 0.6 is 0 Å². The Hall–Kier alpha value is -2.86. The van der Waals surface area contributed by atoms with Crippen molar-refractivity contribution in [3.8, 4) is 5.75 Å². The first-order chi connectivity index (χ1) is 16.0. The summed E-state index contributed by atoms with van der Waals surface area (Å²) in [6.45, 7) is 15.8. The van der Waals surface area contributed by atoms with E-state index < -0.39 is 6.10 Å². The van der Waals surface area contributed by atoms with Gasteiger partial charge in [0.1, 0.15) is 5.75 Å². The van der Waals surface area contributed by atoms with Gasteiger partial charge in [-0.3, -0.25) is 15.0 Å². The van der Waals surface area contributed by atoms with E-state index in [1.807, 2.05) is 19.1 Å². The van der Waals surface area contributed by atoms with Crippen molar-refractivity contribution in [2.24, 2.45) is 0 Å². The SMILES string of the molecule is CCC(Oc1ccc(C(C)(C)CC)cc1C(C)(C)CC)C(=O)Nc1ccc2c(c1)CNNC2=O. The van der Waals surface area contributed by atoms with Gasteiger partial charge in [-0.1, -0.05) is 60.6 Å². The normalized spacial score (nSPS) is 14.7. The average Bonchev–Trinajstić information content (AvgIpc) is 2.82. The Kier molecular flexibility index (Phi) is 7.71. The largest absolute Gasteiger partial charge is 0.480 e. The fraction of sp³-hybridized carbons (Fsp3) is 0.500. The Bertz CT molecular complexity index is 1060. The quantitative estimate of drug-likeness (QED) is 0.450. The molecule has 2 aromatic carbocycles. The van der Waals surface area contributed by atoms with Crippen LogP contribution in [-0.2, 0) is 22.2 Å². The van der Waals surface area contributed by atoms with Gasteiger partial charge in [0.15, 0.2) is 6.10 Å². The Labute approximate surface area is 203 Å². The first-order valence-corrected chi connectivity index (χ1v) is 12.3. The van der Waals surface area contributed by atoms with Gasteiger partial charge in [0, 0.05) is 23.4 Å². The minimum atomic E-state index is -0.631. The first kappa shape index (κ1) is 25.8. The van der Waals surface area contributed by atoms with Crippen molar-refractivity contribution < 1.29 is 14.3 Å². The molecule has 34 heavy (non-hydrogen) atoms. The molecule has 0 spiro atoms. The number of hydrogen-bond acceptors (Lipinski definition) is 4. The number of benzene rings is 2. The summed E-state index contributed by atoms with van der Waals surface area (Å²) >= 11 is 0. The molecule has 0 bridgehead atoms. The lowest BCUT2D eigenvalue weighted by Crippen LogP contribution is -2.42.